The molecule has 148 valence electrons. The molecular weight excluding hydrogens is 390 g/mol. The van der Waals surface area contributed by atoms with Gasteiger partial charge >= 0.3 is 0 Å². The topological polar surface area (TPSA) is 89.5 Å². The van der Waals surface area contributed by atoms with Crippen molar-refractivity contribution < 1.29 is 19.1 Å². The lowest BCUT2D eigenvalue weighted by atomic mass is 10.1. The lowest BCUT2D eigenvalue weighted by molar-refractivity contribution is -0.122. The molecule has 1 aliphatic heterocycles. The van der Waals surface area contributed by atoms with Crippen molar-refractivity contribution in [1.29, 1.82) is 0 Å². The lowest BCUT2D eigenvalue weighted by Crippen LogP contribution is -2.34. The van der Waals surface area contributed by atoms with E-state index in [1.807, 2.05) is 12.3 Å². The Morgan fingerprint density at radius 3 is 2.97 bits per heavy atom. The van der Waals surface area contributed by atoms with Crippen LogP contribution in [0.15, 0.2) is 47.8 Å². The number of nitrogens with one attached hydrogen (secondary N) is 2. The first kappa shape index (κ1) is 18.9. The number of benzene rings is 2. The van der Waals surface area contributed by atoms with Gasteiger partial charge in [-0.2, -0.15) is 0 Å². The number of rotatable bonds is 5. The number of nitrogens with zero attached hydrogens (tertiary/aromatic N) is 1. The van der Waals surface area contributed by atoms with Crippen LogP contribution in [0, 0.1) is 6.92 Å². The van der Waals surface area contributed by atoms with Crippen LogP contribution in [0.25, 0.3) is 0 Å². The summed E-state index contributed by atoms with van der Waals surface area (Å²) in [5, 5.41) is 8.53. The van der Waals surface area contributed by atoms with E-state index < -0.39 is 6.10 Å². The maximum Gasteiger partial charge on any atom is 0.265 e. The Morgan fingerprint density at radius 2 is 2.17 bits per heavy atom. The number of carbonyl (C=O) groups is 2. The molecule has 7 nitrogen and oxygen atoms in total. The van der Waals surface area contributed by atoms with Gasteiger partial charge in [-0.3, -0.25) is 9.59 Å². The van der Waals surface area contributed by atoms with Crippen molar-refractivity contribution in [3.8, 4) is 11.5 Å². The lowest BCUT2D eigenvalue weighted by Gasteiger charge is -2.23. The number of carbonyl (C=O) groups excluding carboxylic acids is 2. The third-order valence-corrected chi connectivity index (χ3v) is 5.14. The van der Waals surface area contributed by atoms with Crippen LogP contribution in [0.3, 0.4) is 0 Å². The molecule has 2 amide bonds. The van der Waals surface area contributed by atoms with Gasteiger partial charge in [-0.25, -0.2) is 4.98 Å². The zero-order valence-electron chi connectivity index (χ0n) is 15.9. The summed E-state index contributed by atoms with van der Waals surface area (Å²) < 4.78 is 11.3. The molecule has 8 heteroatoms. The molecule has 1 atom stereocenters. The standard InChI is InChI=1S/C21H19N3O4S/c1-12-20(25)24-18-9-15(6-7-19(18)28-12)23-21(26)14-4-3-5-17(8-14)27-10-16-11-29-13(2)22-16/h3-9,11-12H,10H2,1-2H3,(H,23,26)(H,24,25). The SMILES string of the molecule is Cc1nc(COc2cccc(C(=O)Nc3ccc4c(c3)NC(=O)C(C)O4)c2)cs1. The second-order valence-electron chi connectivity index (χ2n) is 6.59. The number of thiazole rings is 1. The molecule has 1 aromatic heterocycles. The van der Waals surface area contributed by atoms with E-state index >= 15 is 0 Å². The van der Waals surface area contributed by atoms with Crippen molar-refractivity contribution in [2.75, 3.05) is 10.6 Å². The van der Waals surface area contributed by atoms with E-state index in [0.29, 0.717) is 35.0 Å². The first-order chi connectivity index (χ1) is 14.0. The average Bonchev–Trinajstić information content (AvgIpc) is 3.13. The molecule has 0 bridgehead atoms. The van der Waals surface area contributed by atoms with Crippen molar-refractivity contribution in [2.45, 2.75) is 26.6 Å². The molecule has 4 rings (SSSR count). The highest BCUT2D eigenvalue weighted by Gasteiger charge is 2.23. The minimum Gasteiger partial charge on any atom is -0.487 e. The van der Waals surface area contributed by atoms with Crippen molar-refractivity contribution in [3.05, 3.63) is 64.1 Å². The second kappa shape index (κ2) is 7.92. The summed E-state index contributed by atoms with van der Waals surface area (Å²) in [4.78, 5) is 28.8. The van der Waals surface area contributed by atoms with Gasteiger partial charge in [0.2, 0.25) is 0 Å². The average molecular weight is 409 g/mol. The molecule has 2 N–H and O–H groups in total. The van der Waals surface area contributed by atoms with E-state index in [0.717, 1.165) is 10.7 Å². The Kier molecular flexibility index (Phi) is 5.18. The fourth-order valence-corrected chi connectivity index (χ4v) is 3.45. The second-order valence-corrected chi connectivity index (χ2v) is 7.65. The number of aromatic nitrogens is 1. The van der Waals surface area contributed by atoms with Gasteiger partial charge in [-0.15, -0.1) is 11.3 Å². The van der Waals surface area contributed by atoms with Crippen LogP contribution in [0.2, 0.25) is 0 Å². The summed E-state index contributed by atoms with van der Waals surface area (Å²) in [6.45, 7) is 3.97. The van der Waals surface area contributed by atoms with Crippen LogP contribution in [-0.4, -0.2) is 22.9 Å². The zero-order valence-corrected chi connectivity index (χ0v) is 16.7. The number of amides is 2. The van der Waals surface area contributed by atoms with E-state index in [4.69, 9.17) is 9.47 Å². The quantitative estimate of drug-likeness (QED) is 0.665. The van der Waals surface area contributed by atoms with Gasteiger partial charge in [0, 0.05) is 16.6 Å². The van der Waals surface area contributed by atoms with Crippen LogP contribution in [0.1, 0.15) is 28.0 Å². The van der Waals surface area contributed by atoms with E-state index in [1.54, 1.807) is 60.7 Å². The van der Waals surface area contributed by atoms with Crippen molar-refractivity contribution in [1.82, 2.24) is 4.98 Å². The summed E-state index contributed by atoms with van der Waals surface area (Å²) in [6, 6.07) is 12.1. The van der Waals surface area contributed by atoms with Crippen LogP contribution in [0.4, 0.5) is 11.4 Å². The minimum absolute atomic E-state index is 0.221. The highest BCUT2D eigenvalue weighted by molar-refractivity contribution is 7.09. The van der Waals surface area contributed by atoms with Crippen molar-refractivity contribution in [2.24, 2.45) is 0 Å². The number of anilines is 2. The highest BCUT2D eigenvalue weighted by atomic mass is 32.1. The number of ether oxygens (including phenoxy) is 2. The summed E-state index contributed by atoms with van der Waals surface area (Å²) >= 11 is 1.57. The van der Waals surface area contributed by atoms with Crippen LogP contribution >= 0.6 is 11.3 Å². The smallest absolute Gasteiger partial charge is 0.265 e. The molecule has 1 unspecified atom stereocenters. The molecule has 0 aliphatic carbocycles. The predicted molar refractivity (Wildman–Crippen MR) is 111 cm³/mol. The van der Waals surface area contributed by atoms with Gasteiger partial charge in [0.05, 0.1) is 16.4 Å². The molecule has 0 spiro atoms. The van der Waals surface area contributed by atoms with Gasteiger partial charge in [0.25, 0.3) is 11.8 Å². The Labute approximate surface area is 171 Å². The monoisotopic (exact) mass is 409 g/mol. The highest BCUT2D eigenvalue weighted by Crippen LogP contribution is 2.32. The maximum atomic E-state index is 12.6. The Balaban J connectivity index is 1.43. The summed E-state index contributed by atoms with van der Waals surface area (Å²) in [5.41, 5.74) is 2.40. The molecule has 3 aromatic rings. The van der Waals surface area contributed by atoms with E-state index in [2.05, 4.69) is 15.6 Å². The van der Waals surface area contributed by atoms with Crippen LogP contribution in [-0.2, 0) is 11.4 Å². The maximum absolute atomic E-state index is 12.6. The Morgan fingerprint density at radius 1 is 1.31 bits per heavy atom. The summed E-state index contributed by atoms with van der Waals surface area (Å²) in [6.07, 6.45) is -0.543. The molecule has 0 fully saturated rings. The molecule has 1 aliphatic rings. The van der Waals surface area contributed by atoms with Gasteiger partial charge < -0.3 is 20.1 Å². The van der Waals surface area contributed by atoms with Gasteiger partial charge in [0.15, 0.2) is 6.10 Å². The third kappa shape index (κ3) is 4.38. The van der Waals surface area contributed by atoms with Crippen molar-refractivity contribution in [3.63, 3.8) is 0 Å². The molecule has 2 heterocycles. The fourth-order valence-electron chi connectivity index (χ4n) is 2.85. The number of hydrogen-bond acceptors (Lipinski definition) is 6. The molecule has 0 saturated heterocycles. The predicted octanol–water partition coefficient (Wildman–Crippen LogP) is 4.00. The summed E-state index contributed by atoms with van der Waals surface area (Å²) in [5.74, 6) is 0.656. The first-order valence-electron chi connectivity index (χ1n) is 9.05. The van der Waals surface area contributed by atoms with Gasteiger partial charge in [0.1, 0.15) is 18.1 Å². The van der Waals surface area contributed by atoms with E-state index in [-0.39, 0.29) is 11.8 Å². The third-order valence-electron chi connectivity index (χ3n) is 4.32. The van der Waals surface area contributed by atoms with Crippen molar-refractivity contribution >= 4 is 34.5 Å². The molecule has 29 heavy (non-hydrogen) atoms. The van der Waals surface area contributed by atoms with E-state index in [1.165, 1.54) is 0 Å². The Hall–Kier alpha value is -3.39. The zero-order chi connectivity index (χ0) is 20.4. The fraction of sp³-hybridized carbons (Fsp3) is 0.190. The Bertz CT molecular complexity index is 1080. The molecule has 0 saturated carbocycles. The summed E-state index contributed by atoms with van der Waals surface area (Å²) in [7, 11) is 0. The number of aryl methyl sites for hydroxylation is 1. The minimum atomic E-state index is -0.543. The first-order valence-corrected chi connectivity index (χ1v) is 9.93. The van der Waals surface area contributed by atoms with Gasteiger partial charge in [-0.1, -0.05) is 6.07 Å². The number of fused-ring (bicyclic) bond motifs is 1. The molecule has 0 radical (unpaired) electrons. The molecule has 2 aromatic carbocycles. The van der Waals surface area contributed by atoms with Gasteiger partial charge in [-0.05, 0) is 50.2 Å². The van der Waals surface area contributed by atoms with E-state index in [9.17, 15) is 9.59 Å². The van der Waals surface area contributed by atoms with Crippen LogP contribution in [0.5, 0.6) is 11.5 Å². The largest absolute Gasteiger partial charge is 0.487 e. The number of hydrogen-bond donors (Lipinski definition) is 2. The molecular formula is C21H19N3O4S. The normalized spacial score (nSPS) is 15.1. The van der Waals surface area contributed by atoms with Crippen LogP contribution < -0.4 is 20.1 Å².